The molecule has 1 N–H and O–H groups in total. The van der Waals surface area contributed by atoms with Crippen molar-refractivity contribution in [3.63, 3.8) is 0 Å². The molecule has 0 amide bonds. The van der Waals surface area contributed by atoms with Crippen molar-refractivity contribution in [1.82, 2.24) is 19.7 Å². The minimum atomic E-state index is -0.125. The number of nitrogens with zero attached hydrogens (tertiary/aromatic N) is 3. The summed E-state index contributed by atoms with van der Waals surface area (Å²) in [5.74, 6) is 0.543. The molecule has 0 bridgehead atoms. The smallest absolute Gasteiger partial charge is 0.259 e. The number of hydrogen-bond donors (Lipinski definition) is 1. The maximum atomic E-state index is 12.0. The Balaban J connectivity index is 2.06. The van der Waals surface area contributed by atoms with Crippen LogP contribution in [-0.4, -0.2) is 19.7 Å². The first-order valence-electron chi connectivity index (χ1n) is 6.73. The molecular weight excluding hydrogens is 264 g/mol. The van der Waals surface area contributed by atoms with Crippen molar-refractivity contribution in [1.29, 1.82) is 0 Å². The minimum absolute atomic E-state index is 0.125. The molecule has 3 rings (SSSR count). The first kappa shape index (κ1) is 13.3. The summed E-state index contributed by atoms with van der Waals surface area (Å²) in [4.78, 5) is 19.2. The fraction of sp³-hybridized carbons (Fsp3) is 0.188. The van der Waals surface area contributed by atoms with Gasteiger partial charge >= 0.3 is 0 Å². The Hall–Kier alpha value is -2.69. The number of aromatic nitrogens is 4. The molecular formula is C16H16N4O. The third kappa shape index (κ3) is 2.38. The summed E-state index contributed by atoms with van der Waals surface area (Å²) in [6, 6.07) is 7.31. The zero-order valence-electron chi connectivity index (χ0n) is 12.2. The Morgan fingerprint density at radius 3 is 2.67 bits per heavy atom. The van der Waals surface area contributed by atoms with Crippen LogP contribution in [0.25, 0.3) is 23.1 Å². The third-order valence-corrected chi connectivity index (χ3v) is 3.60. The fourth-order valence-electron chi connectivity index (χ4n) is 2.38. The van der Waals surface area contributed by atoms with Crippen molar-refractivity contribution < 1.29 is 0 Å². The summed E-state index contributed by atoms with van der Waals surface area (Å²) in [6.07, 6.45) is 3.75. The van der Waals surface area contributed by atoms with Gasteiger partial charge in [-0.1, -0.05) is 12.1 Å². The van der Waals surface area contributed by atoms with E-state index in [9.17, 15) is 4.79 Å². The molecule has 3 aromatic rings. The predicted octanol–water partition coefficient (Wildman–Crippen LogP) is 2.44. The Labute approximate surface area is 122 Å². The van der Waals surface area contributed by atoms with E-state index in [0.29, 0.717) is 16.7 Å². The number of H-pyrrole nitrogens is 1. The third-order valence-electron chi connectivity index (χ3n) is 3.60. The zero-order chi connectivity index (χ0) is 15.0. The monoisotopic (exact) mass is 280 g/mol. The average Bonchev–Trinajstić information content (AvgIpc) is 2.70. The summed E-state index contributed by atoms with van der Waals surface area (Å²) in [5.41, 5.74) is 3.65. The van der Waals surface area contributed by atoms with Crippen molar-refractivity contribution in [3.8, 4) is 0 Å². The van der Waals surface area contributed by atoms with E-state index in [1.54, 1.807) is 6.07 Å². The number of benzene rings is 1. The molecule has 5 heteroatoms. The van der Waals surface area contributed by atoms with E-state index in [0.717, 1.165) is 17.0 Å². The fourth-order valence-corrected chi connectivity index (χ4v) is 2.38. The highest BCUT2D eigenvalue weighted by molar-refractivity contribution is 5.79. The van der Waals surface area contributed by atoms with E-state index in [2.05, 4.69) is 15.1 Å². The first-order valence-corrected chi connectivity index (χ1v) is 6.73. The Morgan fingerprint density at radius 2 is 1.95 bits per heavy atom. The molecule has 0 radical (unpaired) electrons. The van der Waals surface area contributed by atoms with Gasteiger partial charge in [-0.05, 0) is 38.1 Å². The summed E-state index contributed by atoms with van der Waals surface area (Å²) in [7, 11) is 1.91. The lowest BCUT2D eigenvalue weighted by Crippen LogP contribution is -2.09. The maximum absolute atomic E-state index is 12.0. The molecule has 0 aliphatic rings. The van der Waals surface area contributed by atoms with Gasteiger partial charge in [0.25, 0.3) is 5.56 Å². The average molecular weight is 280 g/mol. The van der Waals surface area contributed by atoms with Crippen LogP contribution in [0.3, 0.4) is 0 Å². The van der Waals surface area contributed by atoms with Crippen molar-refractivity contribution in [2.24, 2.45) is 7.05 Å². The van der Waals surface area contributed by atoms with Crippen LogP contribution in [0.15, 0.2) is 29.1 Å². The van der Waals surface area contributed by atoms with Gasteiger partial charge in [0.1, 0.15) is 5.82 Å². The Morgan fingerprint density at radius 1 is 1.19 bits per heavy atom. The molecule has 1 aromatic carbocycles. The van der Waals surface area contributed by atoms with E-state index in [1.807, 2.05) is 55.9 Å². The van der Waals surface area contributed by atoms with Gasteiger partial charge in [-0.25, -0.2) is 4.98 Å². The second-order valence-electron chi connectivity index (χ2n) is 5.01. The lowest BCUT2D eigenvalue weighted by molar-refractivity contribution is 0.731. The molecule has 0 saturated carbocycles. The van der Waals surface area contributed by atoms with Gasteiger partial charge in [-0.3, -0.25) is 9.48 Å². The lowest BCUT2D eigenvalue weighted by atomic mass is 10.2. The van der Waals surface area contributed by atoms with E-state index in [1.165, 1.54) is 0 Å². The van der Waals surface area contributed by atoms with E-state index in [-0.39, 0.29) is 5.56 Å². The number of fused-ring (bicyclic) bond motifs is 1. The molecule has 0 fully saturated rings. The van der Waals surface area contributed by atoms with Crippen LogP contribution in [0.5, 0.6) is 0 Å². The van der Waals surface area contributed by atoms with Crippen molar-refractivity contribution in [3.05, 3.63) is 57.4 Å². The van der Waals surface area contributed by atoms with Gasteiger partial charge in [0.15, 0.2) is 0 Å². The minimum Gasteiger partial charge on any atom is -0.306 e. The highest BCUT2D eigenvalue weighted by Gasteiger charge is 2.06. The number of para-hydroxylation sites is 1. The lowest BCUT2D eigenvalue weighted by Gasteiger charge is -1.99. The van der Waals surface area contributed by atoms with E-state index < -0.39 is 0 Å². The van der Waals surface area contributed by atoms with E-state index in [4.69, 9.17) is 0 Å². The Kier molecular flexibility index (Phi) is 3.17. The molecule has 0 saturated heterocycles. The number of hydrogen-bond acceptors (Lipinski definition) is 3. The number of rotatable bonds is 2. The SMILES string of the molecule is Cc1nn(C)c(C)c1C=Cc1nc2ccccc2c(=O)[nH]1. The van der Waals surface area contributed by atoms with Crippen LogP contribution >= 0.6 is 0 Å². The highest BCUT2D eigenvalue weighted by atomic mass is 16.1. The van der Waals surface area contributed by atoms with Gasteiger partial charge < -0.3 is 4.98 Å². The number of aryl methyl sites for hydroxylation is 2. The summed E-state index contributed by atoms with van der Waals surface area (Å²) in [5, 5.41) is 4.96. The van der Waals surface area contributed by atoms with Gasteiger partial charge in [0, 0.05) is 18.3 Å². The molecule has 2 aromatic heterocycles. The predicted molar refractivity (Wildman–Crippen MR) is 84.0 cm³/mol. The number of nitrogens with one attached hydrogen (secondary N) is 1. The van der Waals surface area contributed by atoms with Crippen LogP contribution in [0, 0.1) is 13.8 Å². The van der Waals surface area contributed by atoms with Crippen molar-refractivity contribution in [2.75, 3.05) is 0 Å². The molecule has 21 heavy (non-hydrogen) atoms. The molecule has 0 aliphatic carbocycles. The van der Waals surface area contributed by atoms with E-state index >= 15 is 0 Å². The van der Waals surface area contributed by atoms with Gasteiger partial charge in [0.05, 0.1) is 16.6 Å². The quantitative estimate of drug-likeness (QED) is 0.784. The summed E-state index contributed by atoms with van der Waals surface area (Å²) < 4.78 is 1.84. The largest absolute Gasteiger partial charge is 0.306 e. The molecule has 0 unspecified atom stereocenters. The molecule has 0 aliphatic heterocycles. The van der Waals surface area contributed by atoms with Crippen LogP contribution in [0.1, 0.15) is 22.8 Å². The molecule has 5 nitrogen and oxygen atoms in total. The normalized spacial score (nSPS) is 11.6. The van der Waals surface area contributed by atoms with Crippen LogP contribution in [0.4, 0.5) is 0 Å². The molecule has 0 spiro atoms. The maximum Gasteiger partial charge on any atom is 0.259 e. The zero-order valence-corrected chi connectivity index (χ0v) is 12.2. The highest BCUT2D eigenvalue weighted by Crippen LogP contribution is 2.15. The van der Waals surface area contributed by atoms with Gasteiger partial charge in [-0.15, -0.1) is 0 Å². The van der Waals surface area contributed by atoms with Crippen molar-refractivity contribution >= 4 is 23.1 Å². The topological polar surface area (TPSA) is 63.6 Å². The summed E-state index contributed by atoms with van der Waals surface area (Å²) in [6.45, 7) is 3.97. The molecule has 2 heterocycles. The Bertz CT molecular complexity index is 902. The second kappa shape index (κ2) is 5.01. The van der Waals surface area contributed by atoms with Crippen LogP contribution in [0.2, 0.25) is 0 Å². The first-order chi connectivity index (χ1) is 10.1. The standard InChI is InChI=1S/C16H16N4O/c1-10-12(11(2)20(3)19-10)8-9-15-17-14-7-5-4-6-13(14)16(21)18-15/h4-9H,1-3H3,(H,17,18,21). The van der Waals surface area contributed by atoms with Crippen LogP contribution in [-0.2, 0) is 7.05 Å². The number of aromatic amines is 1. The van der Waals surface area contributed by atoms with Crippen molar-refractivity contribution in [2.45, 2.75) is 13.8 Å². The summed E-state index contributed by atoms with van der Waals surface area (Å²) >= 11 is 0. The second-order valence-corrected chi connectivity index (χ2v) is 5.01. The van der Waals surface area contributed by atoms with Gasteiger partial charge in [0.2, 0.25) is 0 Å². The van der Waals surface area contributed by atoms with Gasteiger partial charge in [-0.2, -0.15) is 5.10 Å². The molecule has 106 valence electrons. The van der Waals surface area contributed by atoms with Crippen LogP contribution < -0.4 is 5.56 Å². The molecule has 0 atom stereocenters.